The highest BCUT2D eigenvalue weighted by molar-refractivity contribution is 8.01. The van der Waals surface area contributed by atoms with E-state index >= 15 is 0 Å². The van der Waals surface area contributed by atoms with E-state index in [-0.39, 0.29) is 35.7 Å². The first kappa shape index (κ1) is 21.2. The van der Waals surface area contributed by atoms with E-state index in [2.05, 4.69) is 10.3 Å². The maximum absolute atomic E-state index is 12.6. The fraction of sp³-hybridized carbons (Fsp3) is 0.389. The first-order valence-electron chi connectivity index (χ1n) is 9.02. The van der Waals surface area contributed by atoms with Gasteiger partial charge < -0.3 is 11.1 Å². The van der Waals surface area contributed by atoms with Gasteiger partial charge in [-0.25, -0.2) is 4.98 Å². The molecule has 1 aromatic carbocycles. The fourth-order valence-electron chi connectivity index (χ4n) is 3.09. The van der Waals surface area contributed by atoms with Crippen molar-refractivity contribution in [2.24, 2.45) is 5.73 Å². The number of thiazole rings is 1. The first-order chi connectivity index (χ1) is 13.8. The quantitative estimate of drug-likeness (QED) is 0.503. The number of piperidine rings is 1. The molecule has 0 bridgehead atoms. The SMILES string of the molecule is Cc1csc(Sc2ccc(C(=O)NC3CCN(CC(N)=O)CC3)cc2[N+](=O)[O-])n1. The Hall–Kier alpha value is -2.50. The lowest BCUT2D eigenvalue weighted by molar-refractivity contribution is -0.387. The summed E-state index contributed by atoms with van der Waals surface area (Å²) in [6.07, 6.45) is 1.39. The Morgan fingerprint density at radius 2 is 2.14 bits per heavy atom. The number of nitro groups is 1. The summed E-state index contributed by atoms with van der Waals surface area (Å²) in [6, 6.07) is 4.44. The number of primary amides is 1. The zero-order chi connectivity index (χ0) is 21.0. The van der Waals surface area contributed by atoms with Crippen molar-refractivity contribution in [1.82, 2.24) is 15.2 Å². The third kappa shape index (κ3) is 5.75. The topological polar surface area (TPSA) is 131 Å². The van der Waals surface area contributed by atoms with Crippen molar-refractivity contribution >= 4 is 40.6 Å². The van der Waals surface area contributed by atoms with Crippen molar-refractivity contribution in [3.05, 3.63) is 45.0 Å². The van der Waals surface area contributed by atoms with Crippen LogP contribution in [0.25, 0.3) is 0 Å². The van der Waals surface area contributed by atoms with Crippen LogP contribution in [0.2, 0.25) is 0 Å². The van der Waals surface area contributed by atoms with Crippen molar-refractivity contribution in [3.8, 4) is 0 Å². The number of hydrogen-bond acceptors (Lipinski definition) is 8. The molecule has 2 aromatic rings. The molecule has 3 N–H and O–H groups in total. The van der Waals surface area contributed by atoms with Crippen LogP contribution < -0.4 is 11.1 Å². The third-order valence-corrected chi connectivity index (χ3v) is 6.64. The molecule has 1 aliphatic heterocycles. The van der Waals surface area contributed by atoms with Gasteiger partial charge in [-0.15, -0.1) is 11.3 Å². The Morgan fingerprint density at radius 3 is 2.72 bits per heavy atom. The van der Waals surface area contributed by atoms with Crippen molar-refractivity contribution in [3.63, 3.8) is 0 Å². The van der Waals surface area contributed by atoms with E-state index in [0.29, 0.717) is 35.2 Å². The zero-order valence-corrected chi connectivity index (χ0v) is 17.4. The Labute approximate surface area is 175 Å². The molecule has 0 aliphatic carbocycles. The zero-order valence-electron chi connectivity index (χ0n) is 15.8. The molecule has 0 radical (unpaired) electrons. The lowest BCUT2D eigenvalue weighted by atomic mass is 10.0. The van der Waals surface area contributed by atoms with Crippen LogP contribution in [0.1, 0.15) is 28.9 Å². The van der Waals surface area contributed by atoms with E-state index in [1.54, 1.807) is 12.1 Å². The molecule has 9 nitrogen and oxygen atoms in total. The van der Waals surface area contributed by atoms with Crippen LogP contribution in [-0.2, 0) is 4.79 Å². The van der Waals surface area contributed by atoms with Crippen LogP contribution in [0.15, 0.2) is 32.8 Å². The smallest absolute Gasteiger partial charge is 0.284 e. The number of nitrogens with zero attached hydrogens (tertiary/aromatic N) is 3. The second-order valence-electron chi connectivity index (χ2n) is 6.79. The van der Waals surface area contributed by atoms with Gasteiger partial charge in [-0.2, -0.15) is 0 Å². The number of nitrogens with two attached hydrogens (primary N) is 1. The molecule has 154 valence electrons. The van der Waals surface area contributed by atoms with Crippen molar-refractivity contribution in [2.75, 3.05) is 19.6 Å². The third-order valence-electron chi connectivity index (χ3n) is 4.52. The number of carbonyl (C=O) groups is 2. The summed E-state index contributed by atoms with van der Waals surface area (Å²) in [6.45, 7) is 3.40. The summed E-state index contributed by atoms with van der Waals surface area (Å²) in [4.78, 5) is 41.3. The molecule has 3 rings (SSSR count). The lowest BCUT2D eigenvalue weighted by Gasteiger charge is -2.31. The van der Waals surface area contributed by atoms with Gasteiger partial charge in [-0.3, -0.25) is 24.6 Å². The van der Waals surface area contributed by atoms with E-state index in [9.17, 15) is 19.7 Å². The average Bonchev–Trinajstić information content (AvgIpc) is 3.07. The average molecular weight is 436 g/mol. The number of hydrogen-bond donors (Lipinski definition) is 2. The van der Waals surface area contributed by atoms with Gasteiger partial charge in [0.05, 0.1) is 16.4 Å². The van der Waals surface area contributed by atoms with Gasteiger partial charge in [0.25, 0.3) is 11.6 Å². The number of aryl methyl sites for hydroxylation is 1. The predicted molar refractivity (Wildman–Crippen MR) is 110 cm³/mol. The number of amides is 2. The number of aromatic nitrogens is 1. The number of nitro benzene ring substituents is 1. The van der Waals surface area contributed by atoms with E-state index < -0.39 is 4.92 Å². The largest absolute Gasteiger partial charge is 0.369 e. The molecule has 11 heteroatoms. The standard InChI is InChI=1S/C18H21N5O4S2/c1-11-10-28-18(20-11)29-15-3-2-12(8-14(15)23(26)27)17(25)21-13-4-6-22(7-5-13)9-16(19)24/h2-3,8,10,13H,4-7,9H2,1H3,(H2,19,24)(H,21,25). The minimum atomic E-state index is -0.484. The van der Waals surface area contributed by atoms with Gasteiger partial charge in [0.1, 0.15) is 0 Å². The molecule has 0 unspecified atom stereocenters. The monoisotopic (exact) mass is 435 g/mol. The predicted octanol–water partition coefficient (Wildman–Crippen LogP) is 2.19. The van der Waals surface area contributed by atoms with Gasteiger partial charge in [-0.05, 0) is 31.9 Å². The first-order valence-corrected chi connectivity index (χ1v) is 10.7. The molecule has 1 fully saturated rings. The van der Waals surface area contributed by atoms with Crippen molar-refractivity contribution in [2.45, 2.75) is 35.0 Å². The number of rotatable bonds is 7. The molecule has 0 spiro atoms. The Bertz CT molecular complexity index is 925. The summed E-state index contributed by atoms with van der Waals surface area (Å²) < 4.78 is 0.713. The van der Waals surface area contributed by atoms with E-state index in [4.69, 9.17) is 5.73 Å². The van der Waals surface area contributed by atoms with E-state index in [1.807, 2.05) is 17.2 Å². The normalized spacial score (nSPS) is 15.2. The molecule has 1 saturated heterocycles. The highest BCUT2D eigenvalue weighted by Gasteiger charge is 2.24. The van der Waals surface area contributed by atoms with Gasteiger partial charge in [-0.1, -0.05) is 11.8 Å². The Kier molecular flexibility index (Phi) is 6.83. The summed E-state index contributed by atoms with van der Waals surface area (Å²) in [7, 11) is 0. The van der Waals surface area contributed by atoms with E-state index in [0.717, 1.165) is 5.69 Å². The molecule has 1 aromatic heterocycles. The number of benzene rings is 1. The molecule has 1 aliphatic rings. The molecule has 2 amide bonds. The van der Waals surface area contributed by atoms with Crippen LogP contribution in [0, 0.1) is 17.0 Å². The molecule has 29 heavy (non-hydrogen) atoms. The van der Waals surface area contributed by atoms with Crippen molar-refractivity contribution in [1.29, 1.82) is 0 Å². The highest BCUT2D eigenvalue weighted by Crippen LogP contribution is 2.36. The summed E-state index contributed by atoms with van der Waals surface area (Å²) in [5.74, 6) is -0.714. The molecule has 0 saturated carbocycles. The van der Waals surface area contributed by atoms with Crippen LogP contribution in [0.4, 0.5) is 5.69 Å². The Morgan fingerprint density at radius 1 is 1.41 bits per heavy atom. The number of likely N-dealkylation sites (tertiary alicyclic amines) is 1. The Balaban J connectivity index is 1.65. The molecule has 0 atom stereocenters. The van der Waals surface area contributed by atoms with Gasteiger partial charge >= 0.3 is 0 Å². The maximum atomic E-state index is 12.6. The second kappa shape index (κ2) is 9.33. The summed E-state index contributed by atoms with van der Waals surface area (Å²) in [5, 5.41) is 16.3. The van der Waals surface area contributed by atoms with Gasteiger partial charge in [0.2, 0.25) is 5.91 Å². The van der Waals surface area contributed by atoms with E-state index in [1.165, 1.54) is 29.2 Å². The van der Waals surface area contributed by atoms with Crippen LogP contribution in [0.3, 0.4) is 0 Å². The fourth-order valence-corrected chi connectivity index (χ4v) is 4.96. The van der Waals surface area contributed by atoms with Gasteiger partial charge in [0, 0.05) is 41.8 Å². The maximum Gasteiger partial charge on any atom is 0.284 e. The highest BCUT2D eigenvalue weighted by atomic mass is 32.2. The molecular weight excluding hydrogens is 414 g/mol. The second-order valence-corrected chi connectivity index (χ2v) is 8.93. The van der Waals surface area contributed by atoms with Crippen LogP contribution in [-0.4, -0.2) is 52.3 Å². The number of carbonyl (C=O) groups excluding carboxylic acids is 2. The molecule has 2 heterocycles. The number of nitrogens with one attached hydrogen (secondary N) is 1. The lowest BCUT2D eigenvalue weighted by Crippen LogP contribution is -2.46. The van der Waals surface area contributed by atoms with Crippen molar-refractivity contribution < 1.29 is 14.5 Å². The van der Waals surface area contributed by atoms with Crippen LogP contribution in [0.5, 0.6) is 0 Å². The summed E-state index contributed by atoms with van der Waals surface area (Å²) >= 11 is 2.63. The molecular formula is C18H21N5O4S2. The van der Waals surface area contributed by atoms with Gasteiger partial charge in [0.15, 0.2) is 4.34 Å². The summed E-state index contributed by atoms with van der Waals surface area (Å²) in [5.41, 5.74) is 6.19. The minimum Gasteiger partial charge on any atom is -0.369 e. The minimum absolute atomic E-state index is 0.0435. The van der Waals surface area contributed by atoms with Crippen LogP contribution >= 0.6 is 23.1 Å².